The predicted molar refractivity (Wildman–Crippen MR) is 131 cm³/mol. The number of ether oxygens (including phenoxy) is 3. The van der Waals surface area contributed by atoms with E-state index in [2.05, 4.69) is 9.97 Å². The van der Waals surface area contributed by atoms with Crippen LogP contribution < -0.4 is 10.3 Å². The maximum absolute atomic E-state index is 12.8. The van der Waals surface area contributed by atoms with E-state index in [9.17, 15) is 9.59 Å². The third-order valence-electron chi connectivity index (χ3n) is 5.10. The van der Waals surface area contributed by atoms with Crippen LogP contribution in [0.4, 0.5) is 0 Å². The molecule has 0 bridgehead atoms. The number of hydrogen-bond donors (Lipinski definition) is 1. The maximum Gasteiger partial charge on any atom is 0.348 e. The number of rotatable bonds is 7. The lowest BCUT2D eigenvalue weighted by Crippen LogP contribution is -2.11. The zero-order valence-corrected chi connectivity index (χ0v) is 19.8. The summed E-state index contributed by atoms with van der Waals surface area (Å²) >= 11 is 7.62. The van der Waals surface area contributed by atoms with Crippen LogP contribution in [-0.2, 0) is 9.47 Å². The Morgan fingerprint density at radius 2 is 1.91 bits per heavy atom. The number of benzene rings is 2. The summed E-state index contributed by atoms with van der Waals surface area (Å²) in [6.45, 7) is 2.12. The number of aromatic nitrogens is 2. The zero-order chi connectivity index (χ0) is 23.5. The molecule has 0 atom stereocenters. The molecule has 0 aliphatic rings. The minimum atomic E-state index is -0.511. The summed E-state index contributed by atoms with van der Waals surface area (Å²) in [6.07, 6.45) is 1.73. The highest BCUT2D eigenvalue weighted by Crippen LogP contribution is 2.30. The minimum absolute atomic E-state index is 0.130. The molecule has 2 aromatic carbocycles. The van der Waals surface area contributed by atoms with Gasteiger partial charge in [-0.3, -0.25) is 4.79 Å². The molecule has 1 N–H and O–H groups in total. The average molecular weight is 485 g/mol. The molecule has 170 valence electrons. The molecular weight excluding hydrogens is 464 g/mol. The third-order valence-corrected chi connectivity index (χ3v) is 6.55. The normalized spacial score (nSPS) is 11.8. The number of aromatic amines is 1. The summed E-state index contributed by atoms with van der Waals surface area (Å²) in [5, 5.41) is 2.69. The largest absolute Gasteiger partial charge is 0.497 e. The fourth-order valence-corrected chi connectivity index (χ4v) is 4.70. The van der Waals surface area contributed by atoms with Crippen molar-refractivity contribution in [3.8, 4) is 5.75 Å². The molecule has 9 heteroatoms. The number of nitrogens with zero attached hydrogens (tertiary/aromatic N) is 1. The number of carbonyl (C=O) groups excluding carboxylic acids is 1. The lowest BCUT2D eigenvalue weighted by atomic mass is 10.1. The van der Waals surface area contributed by atoms with Gasteiger partial charge in [-0.25, -0.2) is 9.78 Å². The molecular formula is C24H21ClN2O5S. The van der Waals surface area contributed by atoms with E-state index in [1.165, 1.54) is 7.11 Å². The summed E-state index contributed by atoms with van der Waals surface area (Å²) < 4.78 is 15.3. The van der Waals surface area contributed by atoms with Crippen molar-refractivity contribution in [2.24, 2.45) is 0 Å². The molecule has 7 nitrogen and oxygen atoms in total. The number of esters is 1. The standard InChI is InChI=1S/C24H21ClN2O5S/c1-13-19-22(28)26-21(27-23(19)33-20(13)24(29)32-9-8-30-2)18(25)11-14-4-5-16-12-17(31-3)7-6-15(16)10-14/h4-7,10-12H,8-9H2,1-3H3,(H,26,27,28)/b18-11-. The van der Waals surface area contributed by atoms with Crippen molar-refractivity contribution < 1.29 is 19.0 Å². The van der Waals surface area contributed by atoms with Crippen molar-refractivity contribution in [1.82, 2.24) is 9.97 Å². The molecule has 0 spiro atoms. The number of fused-ring (bicyclic) bond motifs is 2. The Morgan fingerprint density at radius 1 is 1.15 bits per heavy atom. The summed E-state index contributed by atoms with van der Waals surface area (Å²) in [5.74, 6) is 0.500. The van der Waals surface area contributed by atoms with Crippen LogP contribution >= 0.6 is 22.9 Å². The van der Waals surface area contributed by atoms with E-state index in [-0.39, 0.29) is 23.0 Å². The number of methoxy groups -OCH3 is 2. The number of carbonyl (C=O) groups is 1. The van der Waals surface area contributed by atoms with Crippen molar-refractivity contribution in [3.63, 3.8) is 0 Å². The second-order valence-corrected chi connectivity index (χ2v) is 8.65. The predicted octanol–water partition coefficient (Wildman–Crippen LogP) is 4.99. The summed E-state index contributed by atoms with van der Waals surface area (Å²) in [6, 6.07) is 11.7. The molecule has 0 saturated heterocycles. The number of H-pyrrole nitrogens is 1. The highest BCUT2D eigenvalue weighted by molar-refractivity contribution is 7.20. The van der Waals surface area contributed by atoms with Gasteiger partial charge in [-0.15, -0.1) is 11.3 Å². The second kappa shape index (κ2) is 9.74. The number of nitrogens with one attached hydrogen (secondary N) is 1. The van der Waals surface area contributed by atoms with E-state index in [0.29, 0.717) is 27.3 Å². The van der Waals surface area contributed by atoms with Crippen molar-refractivity contribution >= 4 is 61.0 Å². The van der Waals surface area contributed by atoms with Gasteiger partial charge in [-0.1, -0.05) is 29.8 Å². The first kappa shape index (κ1) is 23.0. The van der Waals surface area contributed by atoms with Crippen LogP contribution in [0.5, 0.6) is 5.75 Å². The van der Waals surface area contributed by atoms with Gasteiger partial charge in [0.2, 0.25) is 0 Å². The third kappa shape index (κ3) is 4.78. The van der Waals surface area contributed by atoms with Crippen LogP contribution in [0.15, 0.2) is 41.2 Å². The summed E-state index contributed by atoms with van der Waals surface area (Å²) in [5.41, 5.74) is 1.02. The molecule has 0 amide bonds. The first-order valence-electron chi connectivity index (χ1n) is 10.1. The minimum Gasteiger partial charge on any atom is -0.497 e. The van der Waals surface area contributed by atoms with Gasteiger partial charge in [0.05, 0.1) is 24.1 Å². The zero-order valence-electron chi connectivity index (χ0n) is 18.2. The van der Waals surface area contributed by atoms with Gasteiger partial charge in [0, 0.05) is 7.11 Å². The quantitative estimate of drug-likeness (QED) is 0.293. The van der Waals surface area contributed by atoms with Crippen molar-refractivity contribution in [2.75, 3.05) is 27.4 Å². The van der Waals surface area contributed by atoms with E-state index in [1.807, 2.05) is 36.4 Å². The van der Waals surface area contributed by atoms with Gasteiger partial charge in [0.25, 0.3) is 5.56 Å². The van der Waals surface area contributed by atoms with Crippen LogP contribution in [-0.4, -0.2) is 43.4 Å². The van der Waals surface area contributed by atoms with Gasteiger partial charge in [0.15, 0.2) is 5.82 Å². The Morgan fingerprint density at radius 3 is 2.67 bits per heavy atom. The van der Waals surface area contributed by atoms with Crippen LogP contribution in [0, 0.1) is 6.92 Å². The smallest absolute Gasteiger partial charge is 0.348 e. The molecule has 0 unspecified atom stereocenters. The van der Waals surface area contributed by atoms with Gasteiger partial charge in [-0.2, -0.15) is 0 Å². The van der Waals surface area contributed by atoms with Gasteiger partial charge in [-0.05, 0) is 53.1 Å². The van der Waals surface area contributed by atoms with E-state index in [1.54, 1.807) is 20.1 Å². The molecule has 0 aliphatic carbocycles. The maximum atomic E-state index is 12.8. The monoisotopic (exact) mass is 484 g/mol. The highest BCUT2D eigenvalue weighted by atomic mass is 35.5. The first-order chi connectivity index (χ1) is 15.9. The second-order valence-electron chi connectivity index (χ2n) is 7.24. The highest BCUT2D eigenvalue weighted by Gasteiger charge is 2.21. The first-order valence-corrected chi connectivity index (χ1v) is 11.3. The molecule has 33 heavy (non-hydrogen) atoms. The van der Waals surface area contributed by atoms with Gasteiger partial charge >= 0.3 is 5.97 Å². The van der Waals surface area contributed by atoms with Crippen LogP contribution in [0.1, 0.15) is 26.6 Å². The molecule has 4 rings (SSSR count). The Balaban J connectivity index is 1.67. The molecule has 4 aromatic rings. The Hall–Kier alpha value is -3.20. The molecule has 0 saturated carbocycles. The molecule has 0 fully saturated rings. The van der Waals surface area contributed by atoms with Crippen LogP contribution in [0.3, 0.4) is 0 Å². The van der Waals surface area contributed by atoms with E-state index < -0.39 is 5.97 Å². The molecule has 2 heterocycles. The Kier molecular flexibility index (Phi) is 6.78. The topological polar surface area (TPSA) is 90.5 Å². The Labute approximate surface area is 198 Å². The van der Waals surface area contributed by atoms with Crippen LogP contribution in [0.25, 0.3) is 32.1 Å². The summed E-state index contributed by atoms with van der Waals surface area (Å²) in [7, 11) is 3.15. The van der Waals surface area contributed by atoms with Gasteiger partial charge < -0.3 is 19.2 Å². The van der Waals surface area contributed by atoms with E-state index >= 15 is 0 Å². The van der Waals surface area contributed by atoms with Gasteiger partial charge in [0.1, 0.15) is 22.1 Å². The van der Waals surface area contributed by atoms with Crippen LogP contribution in [0.2, 0.25) is 0 Å². The van der Waals surface area contributed by atoms with Crippen molar-refractivity contribution in [1.29, 1.82) is 0 Å². The van der Waals surface area contributed by atoms with E-state index in [4.69, 9.17) is 25.8 Å². The fourth-order valence-electron chi connectivity index (χ4n) is 3.41. The average Bonchev–Trinajstić information content (AvgIpc) is 3.15. The molecule has 2 aromatic heterocycles. The van der Waals surface area contributed by atoms with Crippen molar-refractivity contribution in [3.05, 3.63) is 68.6 Å². The number of hydrogen-bond acceptors (Lipinski definition) is 7. The number of thiophene rings is 1. The number of halogens is 1. The fraction of sp³-hybridized carbons (Fsp3) is 0.208. The number of aryl methyl sites for hydroxylation is 1. The van der Waals surface area contributed by atoms with E-state index in [0.717, 1.165) is 33.4 Å². The Bertz CT molecular complexity index is 1440. The molecule has 0 aliphatic heterocycles. The lowest BCUT2D eigenvalue weighted by molar-refractivity contribution is 0.0393. The van der Waals surface area contributed by atoms with Crippen molar-refractivity contribution in [2.45, 2.75) is 6.92 Å². The lowest BCUT2D eigenvalue weighted by Gasteiger charge is -2.04. The summed E-state index contributed by atoms with van der Waals surface area (Å²) in [4.78, 5) is 33.1. The molecule has 0 radical (unpaired) electrons. The SMILES string of the molecule is COCCOC(=O)c1sc2nc(/C(Cl)=C/c3ccc4cc(OC)ccc4c3)[nH]c(=O)c2c1C.